The van der Waals surface area contributed by atoms with Gasteiger partial charge in [0.15, 0.2) is 0 Å². The van der Waals surface area contributed by atoms with Crippen molar-refractivity contribution in [1.82, 2.24) is 0 Å². The first-order valence-corrected chi connectivity index (χ1v) is 5.55. The van der Waals surface area contributed by atoms with E-state index >= 15 is 0 Å². The van der Waals surface area contributed by atoms with E-state index in [0.717, 1.165) is 12.0 Å². The molecule has 1 atom stereocenters. The van der Waals surface area contributed by atoms with Crippen molar-refractivity contribution in [2.45, 2.75) is 32.7 Å². The van der Waals surface area contributed by atoms with Gasteiger partial charge in [-0.2, -0.15) is 0 Å². The first-order valence-electron chi connectivity index (χ1n) is 5.18. The van der Waals surface area contributed by atoms with E-state index in [-0.39, 0.29) is 11.9 Å². The summed E-state index contributed by atoms with van der Waals surface area (Å²) in [5, 5.41) is 0.432. The highest BCUT2D eigenvalue weighted by Crippen LogP contribution is 2.16. The Hall–Kier alpha value is -0.600. The molecule has 0 saturated carbocycles. The Kier molecular flexibility index (Phi) is 4.55. The van der Waals surface area contributed by atoms with E-state index in [9.17, 15) is 4.39 Å². The summed E-state index contributed by atoms with van der Waals surface area (Å²) in [4.78, 5) is 0. The average Bonchev–Trinajstić information content (AvgIpc) is 1.98. The molecule has 1 aromatic rings. The molecular weight excluding hydrogens is 213 g/mol. The lowest BCUT2D eigenvalue weighted by molar-refractivity contribution is 0.492. The lowest BCUT2D eigenvalue weighted by atomic mass is 9.98. The van der Waals surface area contributed by atoms with Crippen LogP contribution in [0.15, 0.2) is 18.2 Å². The Bertz CT molecular complexity index is 305. The van der Waals surface area contributed by atoms with Gasteiger partial charge >= 0.3 is 0 Å². The van der Waals surface area contributed by atoms with Gasteiger partial charge in [-0.25, -0.2) is 4.39 Å². The molecule has 1 aromatic carbocycles. The summed E-state index contributed by atoms with van der Waals surface area (Å²) in [5.74, 6) is 0.262. The fourth-order valence-electron chi connectivity index (χ4n) is 1.72. The monoisotopic (exact) mass is 229 g/mol. The molecule has 0 spiro atoms. The first kappa shape index (κ1) is 12.5. The molecule has 1 nitrogen and oxygen atoms in total. The largest absolute Gasteiger partial charge is 0.327 e. The fourth-order valence-corrected chi connectivity index (χ4v) is 1.96. The van der Waals surface area contributed by atoms with Crippen LogP contribution >= 0.6 is 11.6 Å². The summed E-state index contributed by atoms with van der Waals surface area (Å²) in [7, 11) is 0. The molecule has 0 saturated heterocycles. The van der Waals surface area contributed by atoms with Gasteiger partial charge in [0.25, 0.3) is 0 Å². The third-order valence-corrected chi connectivity index (χ3v) is 2.41. The standard InChI is InChI=1S/C12H17ClFN/c1-8(2)3-12(15)6-9-4-10(13)7-11(14)5-9/h4-5,7-8,12H,3,6,15H2,1-2H3. The highest BCUT2D eigenvalue weighted by molar-refractivity contribution is 6.30. The van der Waals surface area contributed by atoms with E-state index in [2.05, 4.69) is 13.8 Å². The molecule has 2 N–H and O–H groups in total. The van der Waals surface area contributed by atoms with Gasteiger partial charge in [-0.3, -0.25) is 0 Å². The second kappa shape index (κ2) is 5.47. The summed E-state index contributed by atoms with van der Waals surface area (Å²) in [5.41, 5.74) is 6.81. The molecule has 0 aromatic heterocycles. The van der Waals surface area contributed by atoms with E-state index in [1.807, 2.05) is 0 Å². The van der Waals surface area contributed by atoms with E-state index in [0.29, 0.717) is 17.4 Å². The van der Waals surface area contributed by atoms with Gasteiger partial charge in [0.05, 0.1) is 0 Å². The SMILES string of the molecule is CC(C)CC(N)Cc1cc(F)cc(Cl)c1. The highest BCUT2D eigenvalue weighted by atomic mass is 35.5. The third-order valence-electron chi connectivity index (χ3n) is 2.19. The van der Waals surface area contributed by atoms with Crippen molar-refractivity contribution in [3.8, 4) is 0 Å². The Labute approximate surface area is 95.4 Å². The molecular formula is C12H17ClFN. The Morgan fingerprint density at radius 3 is 2.53 bits per heavy atom. The summed E-state index contributed by atoms with van der Waals surface area (Å²) in [6.07, 6.45) is 1.61. The summed E-state index contributed by atoms with van der Waals surface area (Å²) in [6, 6.07) is 4.64. The maximum atomic E-state index is 13.0. The summed E-state index contributed by atoms with van der Waals surface area (Å²) in [6.45, 7) is 4.25. The molecule has 84 valence electrons. The minimum absolute atomic E-state index is 0.0721. The molecule has 0 amide bonds. The quantitative estimate of drug-likeness (QED) is 0.842. The molecule has 0 heterocycles. The lowest BCUT2D eigenvalue weighted by Gasteiger charge is -2.14. The van der Waals surface area contributed by atoms with Gasteiger partial charge in [0.2, 0.25) is 0 Å². The van der Waals surface area contributed by atoms with E-state index in [1.165, 1.54) is 12.1 Å². The number of benzene rings is 1. The predicted octanol–water partition coefficient (Wildman–Crippen LogP) is 3.40. The zero-order valence-corrected chi connectivity index (χ0v) is 9.89. The van der Waals surface area contributed by atoms with Crippen LogP contribution in [0.25, 0.3) is 0 Å². The molecule has 15 heavy (non-hydrogen) atoms. The first-order chi connectivity index (χ1) is 6.97. The molecule has 1 unspecified atom stereocenters. The van der Waals surface area contributed by atoms with Gasteiger partial charge in [-0.1, -0.05) is 25.4 Å². The number of hydrogen-bond acceptors (Lipinski definition) is 1. The summed E-state index contributed by atoms with van der Waals surface area (Å²) < 4.78 is 13.0. The maximum Gasteiger partial charge on any atom is 0.124 e. The van der Waals surface area contributed by atoms with Gasteiger partial charge in [0, 0.05) is 11.1 Å². The lowest BCUT2D eigenvalue weighted by Crippen LogP contribution is -2.24. The zero-order valence-electron chi connectivity index (χ0n) is 9.13. The van der Waals surface area contributed by atoms with Crippen LogP contribution in [-0.4, -0.2) is 6.04 Å². The molecule has 0 aliphatic heterocycles. The molecule has 0 fully saturated rings. The van der Waals surface area contributed by atoms with Gasteiger partial charge < -0.3 is 5.73 Å². The molecule has 3 heteroatoms. The molecule has 0 bridgehead atoms. The third kappa shape index (κ3) is 4.63. The van der Waals surface area contributed by atoms with Crippen molar-refractivity contribution < 1.29 is 4.39 Å². The van der Waals surface area contributed by atoms with Crippen LogP contribution in [0.5, 0.6) is 0 Å². The average molecular weight is 230 g/mol. The van der Waals surface area contributed by atoms with Gasteiger partial charge in [-0.15, -0.1) is 0 Å². The van der Waals surface area contributed by atoms with Crippen molar-refractivity contribution in [1.29, 1.82) is 0 Å². The maximum absolute atomic E-state index is 13.0. The van der Waals surface area contributed by atoms with Crippen molar-refractivity contribution >= 4 is 11.6 Å². The molecule has 0 aliphatic carbocycles. The van der Waals surface area contributed by atoms with Crippen molar-refractivity contribution in [3.63, 3.8) is 0 Å². The van der Waals surface area contributed by atoms with Crippen LogP contribution < -0.4 is 5.73 Å². The minimum atomic E-state index is -0.297. The summed E-state index contributed by atoms with van der Waals surface area (Å²) >= 11 is 5.76. The van der Waals surface area contributed by atoms with Gasteiger partial charge in [-0.05, 0) is 42.5 Å². The van der Waals surface area contributed by atoms with Crippen LogP contribution in [0.1, 0.15) is 25.8 Å². The Morgan fingerprint density at radius 2 is 2.00 bits per heavy atom. The van der Waals surface area contributed by atoms with Crippen LogP contribution in [-0.2, 0) is 6.42 Å². The fraction of sp³-hybridized carbons (Fsp3) is 0.500. The Balaban J connectivity index is 2.63. The topological polar surface area (TPSA) is 26.0 Å². The number of nitrogens with two attached hydrogens (primary N) is 1. The van der Waals surface area contributed by atoms with Crippen molar-refractivity contribution in [2.24, 2.45) is 11.7 Å². The molecule has 1 rings (SSSR count). The minimum Gasteiger partial charge on any atom is -0.327 e. The van der Waals surface area contributed by atoms with E-state index < -0.39 is 0 Å². The van der Waals surface area contributed by atoms with Crippen LogP contribution in [0.3, 0.4) is 0 Å². The predicted molar refractivity (Wildman–Crippen MR) is 62.5 cm³/mol. The normalized spacial score (nSPS) is 13.2. The Morgan fingerprint density at radius 1 is 1.33 bits per heavy atom. The number of hydrogen-bond donors (Lipinski definition) is 1. The van der Waals surface area contributed by atoms with Crippen LogP contribution in [0, 0.1) is 11.7 Å². The number of halogens is 2. The smallest absolute Gasteiger partial charge is 0.124 e. The van der Waals surface area contributed by atoms with Gasteiger partial charge in [0.1, 0.15) is 5.82 Å². The van der Waals surface area contributed by atoms with Crippen LogP contribution in [0.2, 0.25) is 5.02 Å². The van der Waals surface area contributed by atoms with E-state index in [1.54, 1.807) is 6.07 Å². The highest BCUT2D eigenvalue weighted by Gasteiger charge is 2.08. The van der Waals surface area contributed by atoms with E-state index in [4.69, 9.17) is 17.3 Å². The van der Waals surface area contributed by atoms with Crippen LogP contribution in [0.4, 0.5) is 4.39 Å². The molecule has 0 radical (unpaired) electrons. The van der Waals surface area contributed by atoms with Crippen molar-refractivity contribution in [2.75, 3.05) is 0 Å². The number of rotatable bonds is 4. The second-order valence-electron chi connectivity index (χ2n) is 4.37. The molecule has 0 aliphatic rings. The zero-order chi connectivity index (χ0) is 11.4. The van der Waals surface area contributed by atoms with Crippen molar-refractivity contribution in [3.05, 3.63) is 34.6 Å². The second-order valence-corrected chi connectivity index (χ2v) is 4.81.